The van der Waals surface area contributed by atoms with Gasteiger partial charge in [-0.05, 0) is 69.2 Å². The zero-order valence-electron chi connectivity index (χ0n) is 23.8. The van der Waals surface area contributed by atoms with E-state index in [0.29, 0.717) is 25.0 Å². The Morgan fingerprint density at radius 2 is 1.55 bits per heavy atom. The van der Waals surface area contributed by atoms with Gasteiger partial charge in [0, 0.05) is 12.5 Å². The molecule has 1 aliphatic rings. The van der Waals surface area contributed by atoms with E-state index >= 15 is 0 Å². The molecule has 6 nitrogen and oxygen atoms in total. The minimum atomic E-state index is -0.777. The van der Waals surface area contributed by atoms with Gasteiger partial charge in [0.2, 0.25) is 5.91 Å². The molecule has 0 bridgehead atoms. The molecule has 2 atom stereocenters. The van der Waals surface area contributed by atoms with E-state index in [1.807, 2.05) is 75.4 Å². The van der Waals surface area contributed by atoms with Crippen LogP contribution < -0.4 is 15.4 Å². The second-order valence-electron chi connectivity index (χ2n) is 11.9. The lowest BCUT2D eigenvalue weighted by molar-refractivity contribution is -0.158. The van der Waals surface area contributed by atoms with Crippen molar-refractivity contribution in [2.45, 2.75) is 110 Å². The largest absolute Gasteiger partial charge is 0.489 e. The van der Waals surface area contributed by atoms with Gasteiger partial charge < -0.3 is 20.1 Å². The summed E-state index contributed by atoms with van der Waals surface area (Å²) in [7, 11) is 0. The van der Waals surface area contributed by atoms with Gasteiger partial charge in [-0.1, -0.05) is 75.6 Å². The zero-order chi connectivity index (χ0) is 27.5. The Kier molecular flexibility index (Phi) is 11.2. The molecule has 1 fully saturated rings. The molecule has 0 aromatic heterocycles. The first kappa shape index (κ1) is 29.7. The van der Waals surface area contributed by atoms with Crippen LogP contribution >= 0.6 is 0 Å². The lowest BCUT2D eigenvalue weighted by Gasteiger charge is -2.30. The predicted molar refractivity (Wildman–Crippen MR) is 152 cm³/mol. The molecule has 3 rings (SSSR count). The monoisotopic (exact) mass is 522 g/mol. The van der Waals surface area contributed by atoms with Gasteiger partial charge in [-0.15, -0.1) is 0 Å². The Bertz CT molecular complexity index is 992. The smallest absolute Gasteiger partial charge is 0.329 e. The molecule has 1 aliphatic carbocycles. The average molecular weight is 523 g/mol. The van der Waals surface area contributed by atoms with Crippen molar-refractivity contribution in [3.05, 3.63) is 65.7 Å². The van der Waals surface area contributed by atoms with Crippen LogP contribution in [0, 0.1) is 5.92 Å². The number of amides is 1. The molecule has 0 aliphatic heterocycles. The summed E-state index contributed by atoms with van der Waals surface area (Å²) in [6.07, 6.45) is 6.90. The van der Waals surface area contributed by atoms with Crippen LogP contribution in [-0.4, -0.2) is 35.6 Å². The fourth-order valence-electron chi connectivity index (χ4n) is 4.81. The first-order valence-electron chi connectivity index (χ1n) is 14.1. The molecular formula is C32H46N2O4. The molecular weight excluding hydrogens is 476 g/mol. The SMILES string of the molecule is CC(C)CC(NC1CCCCC1)C(=O)NC(Cc1ccc(OCc2ccccc2)cc1)C(=O)OC(C)(C)C. The van der Waals surface area contributed by atoms with Crippen LogP contribution in [-0.2, 0) is 27.4 Å². The fraction of sp³-hybridized carbons (Fsp3) is 0.562. The van der Waals surface area contributed by atoms with Gasteiger partial charge >= 0.3 is 5.97 Å². The number of carbonyl (C=O) groups is 2. The number of carbonyl (C=O) groups excluding carboxylic acids is 2. The molecule has 2 aromatic carbocycles. The molecule has 6 heteroatoms. The van der Waals surface area contributed by atoms with Crippen molar-refractivity contribution >= 4 is 11.9 Å². The van der Waals surface area contributed by atoms with Crippen LogP contribution in [0.15, 0.2) is 54.6 Å². The molecule has 2 aromatic rings. The maximum Gasteiger partial charge on any atom is 0.329 e. The van der Waals surface area contributed by atoms with Crippen LogP contribution in [0.25, 0.3) is 0 Å². The molecule has 2 N–H and O–H groups in total. The van der Waals surface area contributed by atoms with Crippen LogP contribution in [0.5, 0.6) is 5.75 Å². The third kappa shape index (κ3) is 10.5. The van der Waals surface area contributed by atoms with E-state index in [2.05, 4.69) is 24.5 Å². The van der Waals surface area contributed by atoms with Crippen molar-refractivity contribution in [3.8, 4) is 5.75 Å². The van der Waals surface area contributed by atoms with E-state index in [1.54, 1.807) is 0 Å². The van der Waals surface area contributed by atoms with Gasteiger partial charge in [-0.3, -0.25) is 4.79 Å². The Morgan fingerprint density at radius 1 is 0.895 bits per heavy atom. The molecule has 0 radical (unpaired) electrons. The normalized spacial score (nSPS) is 16.1. The summed E-state index contributed by atoms with van der Waals surface area (Å²) in [5, 5.41) is 6.63. The molecule has 1 saturated carbocycles. The summed E-state index contributed by atoms with van der Waals surface area (Å²) < 4.78 is 11.6. The van der Waals surface area contributed by atoms with E-state index in [1.165, 1.54) is 19.3 Å². The molecule has 0 heterocycles. The van der Waals surface area contributed by atoms with Gasteiger partial charge in [0.15, 0.2) is 0 Å². The quantitative estimate of drug-likeness (QED) is 0.336. The van der Waals surface area contributed by atoms with Crippen molar-refractivity contribution < 1.29 is 19.1 Å². The Hall–Kier alpha value is -2.86. The highest BCUT2D eigenvalue weighted by Gasteiger charge is 2.31. The second kappa shape index (κ2) is 14.3. The number of rotatable bonds is 12. The molecule has 0 spiro atoms. The molecule has 38 heavy (non-hydrogen) atoms. The summed E-state index contributed by atoms with van der Waals surface area (Å²) >= 11 is 0. The Balaban J connectivity index is 1.68. The van der Waals surface area contributed by atoms with Crippen LogP contribution in [0.3, 0.4) is 0 Å². The number of esters is 1. The third-order valence-electron chi connectivity index (χ3n) is 6.68. The van der Waals surface area contributed by atoms with Crippen molar-refractivity contribution in [1.29, 1.82) is 0 Å². The van der Waals surface area contributed by atoms with E-state index < -0.39 is 17.6 Å². The van der Waals surface area contributed by atoms with Gasteiger partial charge in [0.25, 0.3) is 0 Å². The highest BCUT2D eigenvalue weighted by atomic mass is 16.6. The van der Waals surface area contributed by atoms with E-state index in [-0.39, 0.29) is 11.9 Å². The van der Waals surface area contributed by atoms with Gasteiger partial charge in [0.1, 0.15) is 24.0 Å². The first-order chi connectivity index (χ1) is 18.1. The summed E-state index contributed by atoms with van der Waals surface area (Å²) in [4.78, 5) is 26.7. The minimum absolute atomic E-state index is 0.136. The van der Waals surface area contributed by atoms with Crippen LogP contribution in [0.4, 0.5) is 0 Å². The van der Waals surface area contributed by atoms with Crippen molar-refractivity contribution in [2.24, 2.45) is 5.92 Å². The maximum atomic E-state index is 13.5. The Morgan fingerprint density at radius 3 is 2.16 bits per heavy atom. The van der Waals surface area contributed by atoms with Gasteiger partial charge in [0.05, 0.1) is 6.04 Å². The van der Waals surface area contributed by atoms with Crippen LogP contribution in [0.2, 0.25) is 0 Å². The highest BCUT2D eigenvalue weighted by Crippen LogP contribution is 2.20. The highest BCUT2D eigenvalue weighted by molar-refractivity contribution is 5.88. The van der Waals surface area contributed by atoms with E-state index in [0.717, 1.165) is 36.1 Å². The first-order valence-corrected chi connectivity index (χ1v) is 14.1. The number of benzene rings is 2. The second-order valence-corrected chi connectivity index (χ2v) is 11.9. The van der Waals surface area contributed by atoms with E-state index in [4.69, 9.17) is 9.47 Å². The maximum absolute atomic E-state index is 13.5. The Labute approximate surface area is 228 Å². The third-order valence-corrected chi connectivity index (χ3v) is 6.68. The van der Waals surface area contributed by atoms with Crippen molar-refractivity contribution in [1.82, 2.24) is 10.6 Å². The molecule has 0 saturated heterocycles. The zero-order valence-corrected chi connectivity index (χ0v) is 23.8. The summed E-state index contributed by atoms with van der Waals surface area (Å²) in [6, 6.07) is 16.9. The number of ether oxygens (including phenoxy) is 2. The number of hydrogen-bond acceptors (Lipinski definition) is 5. The lowest BCUT2D eigenvalue weighted by atomic mass is 9.93. The lowest BCUT2D eigenvalue weighted by Crippen LogP contribution is -2.54. The fourth-order valence-corrected chi connectivity index (χ4v) is 4.81. The summed E-state index contributed by atoms with van der Waals surface area (Å²) in [5.41, 5.74) is 1.38. The van der Waals surface area contributed by atoms with Gasteiger partial charge in [-0.2, -0.15) is 0 Å². The minimum Gasteiger partial charge on any atom is -0.489 e. The topological polar surface area (TPSA) is 76.7 Å². The van der Waals surface area contributed by atoms with Crippen molar-refractivity contribution in [3.63, 3.8) is 0 Å². The summed E-state index contributed by atoms with van der Waals surface area (Å²) in [5.74, 6) is 0.550. The predicted octanol–water partition coefficient (Wildman–Crippen LogP) is 5.97. The van der Waals surface area contributed by atoms with Crippen LogP contribution in [0.1, 0.15) is 84.3 Å². The average Bonchev–Trinajstić information content (AvgIpc) is 2.87. The van der Waals surface area contributed by atoms with Gasteiger partial charge in [-0.25, -0.2) is 4.79 Å². The molecule has 1 amide bonds. The summed E-state index contributed by atoms with van der Waals surface area (Å²) in [6.45, 7) is 10.3. The standard InChI is InChI=1S/C32H46N2O4/c1-23(2)20-28(33-26-14-10-7-11-15-26)30(35)34-29(31(36)38-32(3,4)5)21-24-16-18-27(19-17-24)37-22-25-12-8-6-9-13-25/h6,8-9,12-13,16-19,23,26,28-29,33H,7,10-11,14-15,20-22H2,1-5H3,(H,34,35). The molecule has 208 valence electrons. The van der Waals surface area contributed by atoms with Crippen molar-refractivity contribution in [2.75, 3.05) is 0 Å². The number of nitrogens with one attached hydrogen (secondary N) is 2. The number of hydrogen-bond donors (Lipinski definition) is 2. The van der Waals surface area contributed by atoms with E-state index in [9.17, 15) is 9.59 Å². The molecule has 2 unspecified atom stereocenters.